The first kappa shape index (κ1) is 16.7. The largest absolute Gasteiger partial charge is 0.477 e. The molecule has 0 spiro atoms. The SMILES string of the molecule is CC(C)(C)c1nccc(N2CCCC(COc3ccccn3)C2)n1. The predicted octanol–water partition coefficient (Wildman–Crippen LogP) is 3.46. The van der Waals surface area contributed by atoms with Crippen LogP contribution in [0, 0.1) is 5.92 Å². The van der Waals surface area contributed by atoms with Crippen molar-refractivity contribution in [2.24, 2.45) is 5.92 Å². The molecule has 1 aliphatic heterocycles. The van der Waals surface area contributed by atoms with Gasteiger partial charge in [0.25, 0.3) is 0 Å². The van der Waals surface area contributed by atoms with Crippen molar-refractivity contribution in [2.75, 3.05) is 24.6 Å². The molecule has 1 fully saturated rings. The Morgan fingerprint density at radius 2 is 2.04 bits per heavy atom. The van der Waals surface area contributed by atoms with Gasteiger partial charge < -0.3 is 9.64 Å². The van der Waals surface area contributed by atoms with Crippen LogP contribution in [-0.2, 0) is 5.41 Å². The fraction of sp³-hybridized carbons (Fsp3) is 0.526. The van der Waals surface area contributed by atoms with E-state index in [0.29, 0.717) is 18.4 Å². The number of nitrogens with zero attached hydrogens (tertiary/aromatic N) is 4. The lowest BCUT2D eigenvalue weighted by Crippen LogP contribution is -2.38. The molecule has 1 saturated heterocycles. The van der Waals surface area contributed by atoms with Crippen LogP contribution in [0.2, 0.25) is 0 Å². The summed E-state index contributed by atoms with van der Waals surface area (Å²) in [6, 6.07) is 7.76. The number of hydrogen-bond donors (Lipinski definition) is 0. The van der Waals surface area contributed by atoms with Crippen molar-refractivity contribution in [2.45, 2.75) is 39.0 Å². The summed E-state index contributed by atoms with van der Waals surface area (Å²) in [7, 11) is 0. The van der Waals surface area contributed by atoms with E-state index in [2.05, 4.69) is 35.6 Å². The highest BCUT2D eigenvalue weighted by Crippen LogP contribution is 2.25. The van der Waals surface area contributed by atoms with Gasteiger partial charge in [0.15, 0.2) is 0 Å². The van der Waals surface area contributed by atoms with E-state index in [1.807, 2.05) is 30.5 Å². The van der Waals surface area contributed by atoms with Gasteiger partial charge in [0, 0.05) is 42.9 Å². The zero-order chi connectivity index (χ0) is 17.0. The quantitative estimate of drug-likeness (QED) is 0.861. The second kappa shape index (κ2) is 7.16. The molecular formula is C19H26N4O. The minimum absolute atomic E-state index is 0.0344. The van der Waals surface area contributed by atoms with Gasteiger partial charge in [0.2, 0.25) is 5.88 Å². The molecule has 0 saturated carbocycles. The molecule has 1 atom stereocenters. The second-order valence-electron chi connectivity index (χ2n) is 7.42. The van der Waals surface area contributed by atoms with Gasteiger partial charge >= 0.3 is 0 Å². The summed E-state index contributed by atoms with van der Waals surface area (Å²) in [6.07, 6.45) is 5.97. The number of rotatable bonds is 4. The number of ether oxygens (including phenoxy) is 1. The lowest BCUT2D eigenvalue weighted by Gasteiger charge is -2.33. The Morgan fingerprint density at radius 3 is 2.79 bits per heavy atom. The Balaban J connectivity index is 1.63. The van der Waals surface area contributed by atoms with E-state index in [1.54, 1.807) is 6.20 Å². The van der Waals surface area contributed by atoms with Crippen LogP contribution in [0.1, 0.15) is 39.4 Å². The van der Waals surface area contributed by atoms with Crippen molar-refractivity contribution in [1.82, 2.24) is 15.0 Å². The van der Waals surface area contributed by atoms with Crippen LogP contribution in [0.3, 0.4) is 0 Å². The fourth-order valence-corrected chi connectivity index (χ4v) is 2.93. The zero-order valence-electron chi connectivity index (χ0n) is 14.8. The minimum atomic E-state index is -0.0344. The van der Waals surface area contributed by atoms with Crippen LogP contribution in [0.25, 0.3) is 0 Å². The second-order valence-corrected chi connectivity index (χ2v) is 7.42. The third-order valence-corrected chi connectivity index (χ3v) is 4.26. The maximum atomic E-state index is 5.84. The highest BCUT2D eigenvalue weighted by atomic mass is 16.5. The first-order valence-corrected chi connectivity index (χ1v) is 8.65. The molecule has 3 heterocycles. The van der Waals surface area contributed by atoms with E-state index in [9.17, 15) is 0 Å². The normalized spacial score (nSPS) is 18.5. The van der Waals surface area contributed by atoms with Gasteiger partial charge in [-0.3, -0.25) is 0 Å². The van der Waals surface area contributed by atoms with Crippen molar-refractivity contribution in [3.63, 3.8) is 0 Å². The number of hydrogen-bond acceptors (Lipinski definition) is 5. The summed E-state index contributed by atoms with van der Waals surface area (Å²) in [4.78, 5) is 15.8. The summed E-state index contributed by atoms with van der Waals surface area (Å²) in [6.45, 7) is 9.14. The molecular weight excluding hydrogens is 300 g/mol. The van der Waals surface area contributed by atoms with Crippen molar-refractivity contribution in [3.05, 3.63) is 42.5 Å². The third-order valence-electron chi connectivity index (χ3n) is 4.26. The summed E-state index contributed by atoms with van der Waals surface area (Å²) in [5.74, 6) is 3.12. The van der Waals surface area contributed by atoms with Crippen LogP contribution >= 0.6 is 0 Å². The summed E-state index contributed by atoms with van der Waals surface area (Å²) < 4.78 is 5.84. The number of piperidine rings is 1. The molecule has 0 aliphatic carbocycles. The van der Waals surface area contributed by atoms with Crippen molar-refractivity contribution in [1.29, 1.82) is 0 Å². The van der Waals surface area contributed by atoms with Gasteiger partial charge in [-0.15, -0.1) is 0 Å². The maximum Gasteiger partial charge on any atom is 0.213 e. The molecule has 128 valence electrons. The molecule has 0 N–H and O–H groups in total. The van der Waals surface area contributed by atoms with Crippen LogP contribution in [0.4, 0.5) is 5.82 Å². The molecule has 5 heteroatoms. The van der Waals surface area contributed by atoms with E-state index in [-0.39, 0.29) is 5.41 Å². The Kier molecular flexibility index (Phi) is 4.97. The Bertz CT molecular complexity index is 654. The van der Waals surface area contributed by atoms with Gasteiger partial charge in [-0.2, -0.15) is 0 Å². The molecule has 0 bridgehead atoms. The standard InChI is InChI=1S/C19H26N4O/c1-19(2,3)18-21-11-9-16(22-18)23-12-6-7-15(13-23)14-24-17-8-4-5-10-20-17/h4-5,8-11,15H,6-7,12-14H2,1-3H3. The predicted molar refractivity (Wildman–Crippen MR) is 95.4 cm³/mol. The molecule has 1 aliphatic rings. The maximum absolute atomic E-state index is 5.84. The van der Waals surface area contributed by atoms with Crippen molar-refractivity contribution in [3.8, 4) is 5.88 Å². The van der Waals surface area contributed by atoms with E-state index in [4.69, 9.17) is 9.72 Å². The lowest BCUT2D eigenvalue weighted by atomic mass is 9.95. The van der Waals surface area contributed by atoms with Crippen LogP contribution in [-0.4, -0.2) is 34.6 Å². The third kappa shape index (κ3) is 4.22. The molecule has 0 radical (unpaired) electrons. The van der Waals surface area contributed by atoms with Gasteiger partial charge in [0.1, 0.15) is 11.6 Å². The van der Waals surface area contributed by atoms with E-state index in [1.165, 1.54) is 6.42 Å². The fourth-order valence-electron chi connectivity index (χ4n) is 2.93. The van der Waals surface area contributed by atoms with Gasteiger partial charge in [-0.1, -0.05) is 26.8 Å². The Labute approximate surface area is 144 Å². The van der Waals surface area contributed by atoms with Crippen LogP contribution in [0.5, 0.6) is 5.88 Å². The van der Waals surface area contributed by atoms with Gasteiger partial charge in [-0.25, -0.2) is 15.0 Å². The number of anilines is 1. The number of pyridine rings is 1. The van der Waals surface area contributed by atoms with Gasteiger partial charge in [0.05, 0.1) is 6.61 Å². The monoisotopic (exact) mass is 326 g/mol. The average Bonchev–Trinajstić information content (AvgIpc) is 2.60. The summed E-state index contributed by atoms with van der Waals surface area (Å²) >= 11 is 0. The first-order valence-electron chi connectivity index (χ1n) is 8.65. The topological polar surface area (TPSA) is 51.1 Å². The Hall–Kier alpha value is -2.17. The molecule has 3 rings (SSSR count). The van der Waals surface area contributed by atoms with E-state index < -0.39 is 0 Å². The highest BCUT2D eigenvalue weighted by Gasteiger charge is 2.24. The van der Waals surface area contributed by atoms with Crippen LogP contribution < -0.4 is 9.64 Å². The molecule has 5 nitrogen and oxygen atoms in total. The van der Waals surface area contributed by atoms with E-state index in [0.717, 1.165) is 31.2 Å². The van der Waals surface area contributed by atoms with Crippen LogP contribution in [0.15, 0.2) is 36.7 Å². The minimum Gasteiger partial charge on any atom is -0.477 e. The highest BCUT2D eigenvalue weighted by molar-refractivity contribution is 5.38. The molecule has 0 amide bonds. The molecule has 2 aromatic rings. The zero-order valence-corrected chi connectivity index (χ0v) is 14.8. The molecule has 1 unspecified atom stereocenters. The van der Waals surface area contributed by atoms with Gasteiger partial charge in [-0.05, 0) is 25.0 Å². The Morgan fingerprint density at radius 1 is 1.17 bits per heavy atom. The summed E-state index contributed by atoms with van der Waals surface area (Å²) in [5, 5.41) is 0. The van der Waals surface area contributed by atoms with Crippen molar-refractivity contribution < 1.29 is 4.74 Å². The number of aromatic nitrogens is 3. The lowest BCUT2D eigenvalue weighted by molar-refractivity contribution is 0.221. The first-order chi connectivity index (χ1) is 11.5. The average molecular weight is 326 g/mol. The molecule has 2 aromatic heterocycles. The smallest absolute Gasteiger partial charge is 0.213 e. The summed E-state index contributed by atoms with van der Waals surface area (Å²) in [5.41, 5.74) is -0.0344. The molecule has 0 aromatic carbocycles. The van der Waals surface area contributed by atoms with E-state index >= 15 is 0 Å². The van der Waals surface area contributed by atoms with Crippen molar-refractivity contribution >= 4 is 5.82 Å². The molecule has 24 heavy (non-hydrogen) atoms.